The second-order valence-corrected chi connectivity index (χ2v) is 11.3. The Kier molecular flexibility index (Phi) is 6.86. The van der Waals surface area contributed by atoms with Crippen LogP contribution < -0.4 is 5.32 Å². The van der Waals surface area contributed by atoms with Gasteiger partial charge in [0, 0.05) is 24.4 Å². The first-order valence-electron chi connectivity index (χ1n) is 10.3. The molecule has 164 valence electrons. The van der Waals surface area contributed by atoms with Gasteiger partial charge < -0.3 is 5.32 Å². The summed E-state index contributed by atoms with van der Waals surface area (Å²) in [6.07, 6.45) is 1.92. The Balaban J connectivity index is 1.29. The first-order valence-corrected chi connectivity index (χ1v) is 13.5. The summed E-state index contributed by atoms with van der Waals surface area (Å²) in [7, 11) is -3.52. The zero-order valence-corrected chi connectivity index (χ0v) is 19.7. The number of benzene rings is 1. The number of aryl methyl sites for hydroxylation is 1. The van der Waals surface area contributed by atoms with E-state index >= 15 is 0 Å². The number of hydrogen-bond donors (Lipinski definition) is 1. The molecule has 3 heterocycles. The lowest BCUT2D eigenvalue weighted by Crippen LogP contribution is -2.42. The number of amides is 1. The third-order valence-corrected chi connectivity index (χ3v) is 9.36. The largest absolute Gasteiger partial charge is 0.350 e. The minimum absolute atomic E-state index is 0.0324. The average Bonchev–Trinajstić information content (AvgIpc) is 3.49. The van der Waals surface area contributed by atoms with Gasteiger partial charge in [-0.05, 0) is 48.4 Å². The van der Waals surface area contributed by atoms with E-state index in [1.807, 2.05) is 41.9 Å². The van der Waals surface area contributed by atoms with Crippen molar-refractivity contribution in [1.29, 1.82) is 0 Å². The fraction of sp³-hybridized carbons (Fsp3) is 0.364. The lowest BCUT2D eigenvalue weighted by Gasteiger charge is -2.30. The lowest BCUT2D eigenvalue weighted by atomic mass is 9.97. The molecular formula is C22H25N3O3S3. The van der Waals surface area contributed by atoms with Crippen molar-refractivity contribution in [3.63, 3.8) is 0 Å². The van der Waals surface area contributed by atoms with E-state index in [-0.39, 0.29) is 11.8 Å². The van der Waals surface area contributed by atoms with Gasteiger partial charge in [0.2, 0.25) is 15.9 Å². The molecule has 9 heteroatoms. The predicted molar refractivity (Wildman–Crippen MR) is 125 cm³/mol. The zero-order valence-electron chi connectivity index (χ0n) is 17.3. The molecule has 6 nitrogen and oxygen atoms in total. The number of aromatic nitrogens is 1. The van der Waals surface area contributed by atoms with Crippen LogP contribution in [0.4, 0.5) is 0 Å². The lowest BCUT2D eigenvalue weighted by molar-refractivity contribution is -0.126. The molecular weight excluding hydrogens is 450 g/mol. The molecule has 0 bridgehead atoms. The van der Waals surface area contributed by atoms with Crippen molar-refractivity contribution in [1.82, 2.24) is 14.6 Å². The summed E-state index contributed by atoms with van der Waals surface area (Å²) >= 11 is 3.22. The van der Waals surface area contributed by atoms with Gasteiger partial charge in [-0.2, -0.15) is 4.31 Å². The number of thiophene rings is 1. The molecule has 0 unspecified atom stereocenters. The number of nitrogens with one attached hydrogen (secondary N) is 1. The van der Waals surface area contributed by atoms with Gasteiger partial charge in [-0.3, -0.25) is 4.79 Å². The van der Waals surface area contributed by atoms with Crippen molar-refractivity contribution in [2.24, 2.45) is 5.92 Å². The number of sulfonamides is 1. The average molecular weight is 476 g/mol. The third kappa shape index (κ3) is 5.06. The summed E-state index contributed by atoms with van der Waals surface area (Å²) in [6.45, 7) is 3.14. The maximum Gasteiger partial charge on any atom is 0.243 e. The van der Waals surface area contributed by atoms with Gasteiger partial charge in [-0.15, -0.1) is 22.7 Å². The summed E-state index contributed by atoms with van der Waals surface area (Å²) in [5.41, 5.74) is 1.95. The molecule has 2 aromatic heterocycles. The minimum Gasteiger partial charge on any atom is -0.350 e. The van der Waals surface area contributed by atoms with Crippen LogP contribution >= 0.6 is 22.7 Å². The Morgan fingerprint density at radius 1 is 1.16 bits per heavy atom. The van der Waals surface area contributed by atoms with Gasteiger partial charge >= 0.3 is 0 Å². The van der Waals surface area contributed by atoms with Crippen LogP contribution in [0.25, 0.3) is 9.88 Å². The standard InChI is InChI=1S/C22H25N3O3S3/c1-2-16-5-7-19(8-6-16)31(27,28)25-11-9-17(10-12-25)21(26)23-14-18-15-30-22(24-18)20-4-3-13-29-20/h3-8,13,15,17H,2,9-12,14H2,1H3,(H,23,26). The first kappa shape index (κ1) is 22.1. The SMILES string of the molecule is CCc1ccc(S(=O)(=O)N2CCC(C(=O)NCc3csc(-c4cccs4)n3)CC2)cc1. The van der Waals surface area contributed by atoms with Crippen LogP contribution in [-0.4, -0.2) is 36.7 Å². The molecule has 3 aromatic rings. The number of nitrogens with zero attached hydrogens (tertiary/aromatic N) is 2. The number of rotatable bonds is 7. The van der Waals surface area contributed by atoms with Crippen molar-refractivity contribution in [3.05, 3.63) is 58.4 Å². The summed E-state index contributed by atoms with van der Waals surface area (Å²) in [5, 5.41) is 7.91. The highest BCUT2D eigenvalue weighted by Gasteiger charge is 2.32. The van der Waals surface area contributed by atoms with Crippen LogP contribution in [0.1, 0.15) is 31.0 Å². The Hall–Kier alpha value is -2.07. The quantitative estimate of drug-likeness (QED) is 0.557. The number of hydrogen-bond acceptors (Lipinski definition) is 6. The maximum atomic E-state index is 12.9. The number of carbonyl (C=O) groups excluding carboxylic acids is 1. The second kappa shape index (κ2) is 9.60. The summed E-state index contributed by atoms with van der Waals surface area (Å²) in [5.74, 6) is -0.209. The maximum absolute atomic E-state index is 12.9. The van der Waals surface area contributed by atoms with E-state index in [0.717, 1.165) is 27.6 Å². The van der Waals surface area contributed by atoms with E-state index in [9.17, 15) is 13.2 Å². The highest BCUT2D eigenvalue weighted by molar-refractivity contribution is 7.89. The van der Waals surface area contributed by atoms with Gasteiger partial charge in [0.05, 0.1) is 22.0 Å². The third-order valence-electron chi connectivity index (χ3n) is 5.52. The molecule has 1 amide bonds. The van der Waals surface area contributed by atoms with Crippen molar-refractivity contribution >= 4 is 38.6 Å². The normalized spacial score (nSPS) is 15.8. The first-order chi connectivity index (χ1) is 15.0. The molecule has 1 saturated heterocycles. The number of thiazole rings is 1. The fourth-order valence-electron chi connectivity index (χ4n) is 3.63. The highest BCUT2D eigenvalue weighted by Crippen LogP contribution is 2.28. The van der Waals surface area contributed by atoms with Gasteiger partial charge in [0.1, 0.15) is 5.01 Å². The van der Waals surface area contributed by atoms with Gasteiger partial charge in [-0.25, -0.2) is 13.4 Å². The Bertz CT molecular complexity index is 1110. The molecule has 0 saturated carbocycles. The van der Waals surface area contributed by atoms with E-state index in [4.69, 9.17) is 0 Å². The monoisotopic (exact) mass is 475 g/mol. The molecule has 1 N–H and O–H groups in total. The molecule has 1 fully saturated rings. The van der Waals surface area contributed by atoms with Gasteiger partial charge in [-0.1, -0.05) is 25.1 Å². The van der Waals surface area contributed by atoms with E-state index in [1.54, 1.807) is 34.8 Å². The minimum atomic E-state index is -3.52. The van der Waals surface area contributed by atoms with Gasteiger partial charge in [0.15, 0.2) is 0 Å². The van der Waals surface area contributed by atoms with Crippen LogP contribution in [-0.2, 0) is 27.8 Å². The van der Waals surface area contributed by atoms with E-state index < -0.39 is 10.0 Å². The van der Waals surface area contributed by atoms with Crippen LogP contribution in [0.3, 0.4) is 0 Å². The fourth-order valence-corrected chi connectivity index (χ4v) is 6.73. The predicted octanol–water partition coefficient (Wildman–Crippen LogP) is 4.15. The number of carbonyl (C=O) groups is 1. The summed E-state index contributed by atoms with van der Waals surface area (Å²) in [6, 6.07) is 11.1. The topological polar surface area (TPSA) is 79.4 Å². The van der Waals surface area contributed by atoms with E-state index in [1.165, 1.54) is 4.31 Å². The molecule has 0 spiro atoms. The van der Waals surface area contributed by atoms with E-state index in [0.29, 0.717) is 37.4 Å². The molecule has 1 aliphatic rings. The molecule has 1 aromatic carbocycles. The Morgan fingerprint density at radius 2 is 1.90 bits per heavy atom. The Morgan fingerprint density at radius 3 is 2.55 bits per heavy atom. The highest BCUT2D eigenvalue weighted by atomic mass is 32.2. The summed E-state index contributed by atoms with van der Waals surface area (Å²) in [4.78, 5) is 18.6. The zero-order chi connectivity index (χ0) is 21.8. The molecule has 0 radical (unpaired) electrons. The van der Waals surface area contributed by atoms with Crippen molar-refractivity contribution in [3.8, 4) is 9.88 Å². The molecule has 4 rings (SSSR count). The van der Waals surface area contributed by atoms with Crippen LogP contribution in [0.2, 0.25) is 0 Å². The smallest absolute Gasteiger partial charge is 0.243 e. The number of piperidine rings is 1. The molecule has 1 aliphatic heterocycles. The Labute approximate surface area is 191 Å². The molecule has 0 aliphatic carbocycles. The molecule has 31 heavy (non-hydrogen) atoms. The summed E-state index contributed by atoms with van der Waals surface area (Å²) < 4.78 is 27.3. The van der Waals surface area contributed by atoms with Crippen LogP contribution in [0, 0.1) is 5.92 Å². The van der Waals surface area contributed by atoms with Crippen molar-refractivity contribution < 1.29 is 13.2 Å². The second-order valence-electron chi connectivity index (χ2n) is 7.51. The molecule has 0 atom stereocenters. The van der Waals surface area contributed by atoms with Crippen molar-refractivity contribution in [2.45, 2.75) is 37.6 Å². The van der Waals surface area contributed by atoms with E-state index in [2.05, 4.69) is 10.3 Å². The van der Waals surface area contributed by atoms with Crippen LogP contribution in [0.15, 0.2) is 52.1 Å². The van der Waals surface area contributed by atoms with Crippen molar-refractivity contribution in [2.75, 3.05) is 13.1 Å². The van der Waals surface area contributed by atoms with Gasteiger partial charge in [0.25, 0.3) is 0 Å². The van der Waals surface area contributed by atoms with Crippen LogP contribution in [0.5, 0.6) is 0 Å².